The van der Waals surface area contributed by atoms with E-state index in [1.807, 2.05) is 24.3 Å². The van der Waals surface area contributed by atoms with E-state index in [1.54, 1.807) is 0 Å². The van der Waals surface area contributed by atoms with Crippen LogP contribution in [0.15, 0.2) is 24.3 Å². The zero-order chi connectivity index (χ0) is 14.4. The molecule has 1 aliphatic rings. The van der Waals surface area contributed by atoms with Crippen LogP contribution in [0.2, 0.25) is 0 Å². The van der Waals surface area contributed by atoms with Crippen molar-refractivity contribution in [2.75, 3.05) is 18.5 Å². The lowest BCUT2D eigenvalue weighted by Gasteiger charge is -2.40. The minimum absolute atomic E-state index is 0.0303. The maximum Gasteiger partial charge on any atom is 0.225 e. The van der Waals surface area contributed by atoms with E-state index in [9.17, 15) is 4.79 Å². The van der Waals surface area contributed by atoms with Crippen molar-refractivity contribution in [3.05, 3.63) is 24.3 Å². The summed E-state index contributed by atoms with van der Waals surface area (Å²) >= 11 is 0. The summed E-state index contributed by atoms with van der Waals surface area (Å²) in [5.74, 6) is 0.765. The summed E-state index contributed by atoms with van der Waals surface area (Å²) in [4.78, 5) is 12.2. The zero-order valence-electron chi connectivity index (χ0n) is 12.2. The van der Waals surface area contributed by atoms with Crippen LogP contribution in [-0.2, 0) is 4.79 Å². The molecule has 0 bridgehead atoms. The number of rotatable bonds is 7. The van der Waals surface area contributed by atoms with Gasteiger partial charge in [0.15, 0.2) is 0 Å². The number of ether oxygens (including phenoxy) is 1. The van der Waals surface area contributed by atoms with Gasteiger partial charge in [0.25, 0.3) is 0 Å². The van der Waals surface area contributed by atoms with Crippen molar-refractivity contribution in [3.8, 4) is 5.75 Å². The van der Waals surface area contributed by atoms with Gasteiger partial charge in [-0.15, -0.1) is 0 Å². The van der Waals surface area contributed by atoms with E-state index < -0.39 is 0 Å². The van der Waals surface area contributed by atoms with Crippen LogP contribution in [0.5, 0.6) is 5.75 Å². The molecule has 20 heavy (non-hydrogen) atoms. The number of nitrogens with two attached hydrogens (primary N) is 1. The van der Waals surface area contributed by atoms with Gasteiger partial charge in [0.1, 0.15) is 5.75 Å². The van der Waals surface area contributed by atoms with Crippen LogP contribution in [-0.4, -0.2) is 19.1 Å². The molecule has 4 nitrogen and oxygen atoms in total. The number of amides is 1. The second-order valence-electron chi connectivity index (χ2n) is 5.63. The Hall–Kier alpha value is -1.55. The Labute approximate surface area is 120 Å². The van der Waals surface area contributed by atoms with Crippen LogP contribution in [0.4, 0.5) is 5.69 Å². The van der Waals surface area contributed by atoms with Crippen LogP contribution >= 0.6 is 0 Å². The van der Waals surface area contributed by atoms with Crippen molar-refractivity contribution in [2.45, 2.75) is 39.0 Å². The topological polar surface area (TPSA) is 64.3 Å². The van der Waals surface area contributed by atoms with Crippen molar-refractivity contribution in [3.63, 3.8) is 0 Å². The highest BCUT2D eigenvalue weighted by molar-refractivity contribution is 5.92. The van der Waals surface area contributed by atoms with Crippen LogP contribution in [0, 0.1) is 5.41 Å². The number of anilines is 1. The second kappa shape index (κ2) is 6.75. The van der Waals surface area contributed by atoms with E-state index in [4.69, 9.17) is 10.5 Å². The SMILES string of the molecule is CCCOc1ccccc1NC(=O)CC1(CN)CCC1. The fourth-order valence-corrected chi connectivity index (χ4v) is 2.57. The van der Waals surface area contributed by atoms with Crippen molar-refractivity contribution < 1.29 is 9.53 Å². The molecule has 0 spiro atoms. The molecule has 2 rings (SSSR count). The molecule has 0 saturated heterocycles. The molecule has 1 amide bonds. The first-order chi connectivity index (χ1) is 9.69. The van der Waals surface area contributed by atoms with Crippen molar-refractivity contribution in [1.29, 1.82) is 0 Å². The summed E-state index contributed by atoms with van der Waals surface area (Å²) in [7, 11) is 0. The molecule has 1 aromatic rings. The predicted molar refractivity (Wildman–Crippen MR) is 80.8 cm³/mol. The third-order valence-electron chi connectivity index (χ3n) is 4.01. The van der Waals surface area contributed by atoms with E-state index in [0.29, 0.717) is 19.6 Å². The number of carbonyl (C=O) groups excluding carboxylic acids is 1. The normalized spacial score (nSPS) is 16.3. The van der Waals surface area contributed by atoms with Crippen molar-refractivity contribution >= 4 is 11.6 Å². The van der Waals surface area contributed by atoms with E-state index >= 15 is 0 Å². The molecule has 0 radical (unpaired) electrons. The molecule has 1 aromatic carbocycles. The summed E-state index contributed by atoms with van der Waals surface area (Å²) in [5.41, 5.74) is 6.58. The van der Waals surface area contributed by atoms with Crippen LogP contribution in [0.1, 0.15) is 39.0 Å². The predicted octanol–water partition coefficient (Wildman–Crippen LogP) is 2.93. The summed E-state index contributed by atoms with van der Waals surface area (Å²) in [6, 6.07) is 7.57. The highest BCUT2D eigenvalue weighted by atomic mass is 16.5. The molecule has 3 N–H and O–H groups in total. The summed E-state index contributed by atoms with van der Waals surface area (Å²) < 4.78 is 5.64. The minimum Gasteiger partial charge on any atom is -0.491 e. The number of benzene rings is 1. The molecular formula is C16H24N2O2. The van der Waals surface area contributed by atoms with Crippen LogP contribution in [0.25, 0.3) is 0 Å². The first kappa shape index (κ1) is 14.9. The van der Waals surface area contributed by atoms with Crippen LogP contribution < -0.4 is 15.8 Å². The van der Waals surface area contributed by atoms with Gasteiger partial charge in [-0.3, -0.25) is 4.79 Å². The van der Waals surface area contributed by atoms with Crippen LogP contribution in [0.3, 0.4) is 0 Å². The van der Waals surface area contributed by atoms with Gasteiger partial charge >= 0.3 is 0 Å². The van der Waals surface area contributed by atoms with Gasteiger partial charge in [-0.2, -0.15) is 0 Å². The molecule has 1 aliphatic carbocycles. The molecular weight excluding hydrogens is 252 g/mol. The Balaban J connectivity index is 1.96. The van der Waals surface area contributed by atoms with E-state index in [2.05, 4.69) is 12.2 Å². The number of nitrogens with one attached hydrogen (secondary N) is 1. The van der Waals surface area contributed by atoms with Gasteiger partial charge in [-0.25, -0.2) is 0 Å². The third-order valence-corrected chi connectivity index (χ3v) is 4.01. The molecule has 0 heterocycles. The summed E-state index contributed by atoms with van der Waals surface area (Å²) in [6.07, 6.45) is 4.75. The lowest BCUT2D eigenvalue weighted by molar-refractivity contribution is -0.119. The van der Waals surface area contributed by atoms with Gasteiger partial charge in [0, 0.05) is 6.42 Å². The number of carbonyl (C=O) groups is 1. The minimum atomic E-state index is 0.0303. The maximum absolute atomic E-state index is 12.2. The van der Waals surface area contributed by atoms with E-state index in [0.717, 1.165) is 30.7 Å². The first-order valence-electron chi connectivity index (χ1n) is 7.41. The molecule has 0 aromatic heterocycles. The Morgan fingerprint density at radius 2 is 2.15 bits per heavy atom. The molecule has 110 valence electrons. The van der Waals surface area contributed by atoms with Gasteiger partial charge in [0.05, 0.1) is 12.3 Å². The van der Waals surface area contributed by atoms with Gasteiger partial charge in [-0.1, -0.05) is 25.5 Å². The summed E-state index contributed by atoms with van der Waals surface area (Å²) in [6.45, 7) is 3.30. The monoisotopic (exact) mass is 276 g/mol. The molecule has 1 saturated carbocycles. The second-order valence-corrected chi connectivity index (χ2v) is 5.63. The molecule has 1 fully saturated rings. The molecule has 0 aliphatic heterocycles. The van der Waals surface area contributed by atoms with E-state index in [-0.39, 0.29) is 11.3 Å². The average molecular weight is 276 g/mol. The third kappa shape index (κ3) is 3.51. The average Bonchev–Trinajstić information content (AvgIpc) is 2.42. The fourth-order valence-electron chi connectivity index (χ4n) is 2.57. The lowest BCUT2D eigenvalue weighted by atomic mass is 9.66. The van der Waals surface area contributed by atoms with Gasteiger partial charge < -0.3 is 15.8 Å². The smallest absolute Gasteiger partial charge is 0.225 e. The Morgan fingerprint density at radius 3 is 2.75 bits per heavy atom. The van der Waals surface area contributed by atoms with E-state index in [1.165, 1.54) is 6.42 Å². The quantitative estimate of drug-likeness (QED) is 0.804. The standard InChI is InChI=1S/C16H24N2O2/c1-2-10-20-14-7-4-3-6-13(14)18-15(19)11-16(12-17)8-5-9-16/h3-4,6-7H,2,5,8-12,17H2,1H3,(H,18,19). The lowest BCUT2D eigenvalue weighted by Crippen LogP contribution is -2.40. The molecule has 0 unspecified atom stereocenters. The highest BCUT2D eigenvalue weighted by Crippen LogP contribution is 2.43. The number of para-hydroxylation sites is 2. The molecule has 0 atom stereocenters. The number of hydrogen-bond acceptors (Lipinski definition) is 3. The zero-order valence-corrected chi connectivity index (χ0v) is 12.2. The Morgan fingerprint density at radius 1 is 1.40 bits per heavy atom. The van der Waals surface area contributed by atoms with Gasteiger partial charge in [-0.05, 0) is 43.4 Å². The van der Waals surface area contributed by atoms with Crippen molar-refractivity contribution in [1.82, 2.24) is 0 Å². The van der Waals surface area contributed by atoms with Gasteiger partial charge in [0.2, 0.25) is 5.91 Å². The highest BCUT2D eigenvalue weighted by Gasteiger charge is 2.37. The van der Waals surface area contributed by atoms with Crippen molar-refractivity contribution in [2.24, 2.45) is 11.1 Å². The molecule has 4 heteroatoms. The Bertz CT molecular complexity index is 450. The Kier molecular flexibility index (Phi) is 5.01. The summed E-state index contributed by atoms with van der Waals surface area (Å²) in [5, 5.41) is 2.96. The number of hydrogen-bond donors (Lipinski definition) is 2. The maximum atomic E-state index is 12.2. The fraction of sp³-hybridized carbons (Fsp3) is 0.562. The first-order valence-corrected chi connectivity index (χ1v) is 7.41. The largest absolute Gasteiger partial charge is 0.491 e.